The number of amides is 1. The first-order valence-electron chi connectivity index (χ1n) is 9.29. The number of benzene rings is 1. The van der Waals surface area contributed by atoms with Crippen molar-refractivity contribution in [3.63, 3.8) is 0 Å². The summed E-state index contributed by atoms with van der Waals surface area (Å²) >= 11 is 5.76. The van der Waals surface area contributed by atoms with Crippen molar-refractivity contribution >= 4 is 33.2 Å². The summed E-state index contributed by atoms with van der Waals surface area (Å²) < 4.78 is 32.5. The fourth-order valence-corrected chi connectivity index (χ4v) is 4.20. The molecule has 0 fully saturated rings. The molecule has 0 unspecified atom stereocenters. The van der Waals surface area contributed by atoms with Crippen LogP contribution in [0.3, 0.4) is 0 Å². The van der Waals surface area contributed by atoms with Crippen LogP contribution in [0.15, 0.2) is 70.3 Å². The summed E-state index contributed by atoms with van der Waals surface area (Å²) in [5, 5.41) is 2.91. The minimum Gasteiger partial charge on any atom is -0.468 e. The average Bonchev–Trinajstić information content (AvgIpc) is 3.21. The Kier molecular flexibility index (Phi) is 6.91. The number of aromatic nitrogens is 1. The standard InChI is InChI=1S/C21H22ClN3O4S/c1-15(2)16-5-7-17(8-6-16)24-21(26)14-25(13-18-4-3-11-29-18)30(27,28)19-9-10-20(22)23-12-19/h3-12,15H,13-14H2,1-2H3,(H,24,26). The Balaban J connectivity index is 1.79. The van der Waals surface area contributed by atoms with E-state index >= 15 is 0 Å². The minimum absolute atomic E-state index is 0.0625. The highest BCUT2D eigenvalue weighted by molar-refractivity contribution is 7.89. The minimum atomic E-state index is -4.01. The molecule has 0 aliphatic rings. The second-order valence-corrected chi connectivity index (χ2v) is 9.32. The lowest BCUT2D eigenvalue weighted by Gasteiger charge is -2.21. The summed E-state index contributed by atoms with van der Waals surface area (Å²) in [6, 6.07) is 13.5. The molecule has 1 N–H and O–H groups in total. The number of sulfonamides is 1. The fourth-order valence-electron chi connectivity index (χ4n) is 2.78. The Labute approximate surface area is 180 Å². The molecule has 0 aliphatic carbocycles. The highest BCUT2D eigenvalue weighted by Crippen LogP contribution is 2.20. The molecule has 3 aromatic rings. The van der Waals surface area contributed by atoms with Crippen LogP contribution in [0.1, 0.15) is 31.1 Å². The van der Waals surface area contributed by atoms with E-state index in [2.05, 4.69) is 24.1 Å². The van der Waals surface area contributed by atoms with Gasteiger partial charge in [-0.3, -0.25) is 4.79 Å². The number of rotatable bonds is 8. The van der Waals surface area contributed by atoms with Gasteiger partial charge in [-0.25, -0.2) is 13.4 Å². The van der Waals surface area contributed by atoms with Crippen molar-refractivity contribution in [1.29, 1.82) is 0 Å². The van der Waals surface area contributed by atoms with Crippen molar-refractivity contribution in [2.45, 2.75) is 31.2 Å². The number of carbonyl (C=O) groups excluding carboxylic acids is 1. The smallest absolute Gasteiger partial charge is 0.245 e. The monoisotopic (exact) mass is 447 g/mol. The van der Waals surface area contributed by atoms with E-state index in [1.807, 2.05) is 12.1 Å². The first-order chi connectivity index (χ1) is 14.3. The van der Waals surface area contributed by atoms with E-state index in [-0.39, 0.29) is 16.6 Å². The molecule has 0 saturated carbocycles. The van der Waals surface area contributed by atoms with E-state index in [0.717, 1.165) is 16.1 Å². The molecule has 0 atom stereocenters. The van der Waals surface area contributed by atoms with Crippen LogP contribution in [0.4, 0.5) is 5.69 Å². The lowest BCUT2D eigenvalue weighted by atomic mass is 10.0. The van der Waals surface area contributed by atoms with Gasteiger partial charge >= 0.3 is 0 Å². The molecule has 9 heteroatoms. The average molecular weight is 448 g/mol. The van der Waals surface area contributed by atoms with Crippen LogP contribution in [-0.2, 0) is 21.4 Å². The van der Waals surface area contributed by atoms with Crippen molar-refractivity contribution < 1.29 is 17.6 Å². The van der Waals surface area contributed by atoms with Gasteiger partial charge in [0.05, 0.1) is 19.4 Å². The molecule has 1 amide bonds. The number of anilines is 1. The molecule has 7 nitrogen and oxygen atoms in total. The summed E-state index contributed by atoms with van der Waals surface area (Å²) in [7, 11) is -4.01. The molecule has 1 aromatic carbocycles. The van der Waals surface area contributed by atoms with Crippen LogP contribution >= 0.6 is 11.6 Å². The van der Waals surface area contributed by atoms with Gasteiger partial charge in [-0.05, 0) is 47.9 Å². The zero-order valence-electron chi connectivity index (χ0n) is 16.6. The molecule has 0 saturated heterocycles. The number of carbonyl (C=O) groups is 1. The second-order valence-electron chi connectivity index (χ2n) is 6.99. The summed E-state index contributed by atoms with van der Waals surface area (Å²) in [4.78, 5) is 16.4. The predicted molar refractivity (Wildman–Crippen MR) is 115 cm³/mol. The van der Waals surface area contributed by atoms with Crippen molar-refractivity contribution in [3.8, 4) is 0 Å². The van der Waals surface area contributed by atoms with Crippen LogP contribution in [0.5, 0.6) is 0 Å². The third-order valence-corrected chi connectivity index (χ3v) is 6.43. The maximum Gasteiger partial charge on any atom is 0.245 e. The van der Waals surface area contributed by atoms with Gasteiger partial charge < -0.3 is 9.73 Å². The number of pyridine rings is 1. The van der Waals surface area contributed by atoms with Crippen LogP contribution in [0.2, 0.25) is 5.15 Å². The summed E-state index contributed by atoms with van der Waals surface area (Å²) in [5.41, 5.74) is 1.73. The summed E-state index contributed by atoms with van der Waals surface area (Å²) in [5.74, 6) is 0.315. The number of hydrogen-bond acceptors (Lipinski definition) is 5. The number of halogens is 1. The van der Waals surface area contributed by atoms with Crippen molar-refractivity contribution in [2.24, 2.45) is 0 Å². The van der Waals surface area contributed by atoms with Crippen molar-refractivity contribution in [3.05, 3.63) is 77.5 Å². The largest absolute Gasteiger partial charge is 0.468 e. The molecule has 0 aliphatic heterocycles. The Morgan fingerprint density at radius 1 is 1.17 bits per heavy atom. The predicted octanol–water partition coefficient (Wildman–Crippen LogP) is 4.28. The van der Waals surface area contributed by atoms with Gasteiger partial charge in [-0.1, -0.05) is 37.6 Å². The number of nitrogens with one attached hydrogen (secondary N) is 1. The molecule has 2 aromatic heterocycles. The van der Waals surface area contributed by atoms with E-state index in [4.69, 9.17) is 16.0 Å². The Hall–Kier alpha value is -2.68. The lowest BCUT2D eigenvalue weighted by molar-refractivity contribution is -0.116. The molecule has 3 rings (SSSR count). The van der Waals surface area contributed by atoms with Crippen LogP contribution in [0.25, 0.3) is 0 Å². The van der Waals surface area contributed by atoms with E-state index in [9.17, 15) is 13.2 Å². The zero-order chi connectivity index (χ0) is 21.7. The quantitative estimate of drug-likeness (QED) is 0.520. The van der Waals surface area contributed by atoms with E-state index in [1.165, 1.54) is 18.4 Å². The Morgan fingerprint density at radius 2 is 1.90 bits per heavy atom. The molecule has 158 valence electrons. The topological polar surface area (TPSA) is 92.5 Å². The van der Waals surface area contributed by atoms with Crippen LogP contribution in [-0.4, -0.2) is 30.2 Å². The first kappa shape index (κ1) is 22.0. The molecule has 0 bridgehead atoms. The maximum absolute atomic E-state index is 13.1. The molecular weight excluding hydrogens is 426 g/mol. The van der Waals surface area contributed by atoms with Gasteiger partial charge in [-0.15, -0.1) is 0 Å². The van der Waals surface area contributed by atoms with Gasteiger partial charge in [0, 0.05) is 11.9 Å². The van der Waals surface area contributed by atoms with E-state index in [0.29, 0.717) is 17.4 Å². The number of furan rings is 1. The van der Waals surface area contributed by atoms with Crippen molar-refractivity contribution in [1.82, 2.24) is 9.29 Å². The maximum atomic E-state index is 13.1. The number of nitrogens with zero attached hydrogens (tertiary/aromatic N) is 2. The normalized spacial score (nSPS) is 11.8. The third kappa shape index (κ3) is 5.47. The van der Waals surface area contributed by atoms with Gasteiger partial charge in [0.2, 0.25) is 15.9 Å². The highest BCUT2D eigenvalue weighted by atomic mass is 35.5. The third-order valence-electron chi connectivity index (χ3n) is 4.43. The molecule has 30 heavy (non-hydrogen) atoms. The summed E-state index contributed by atoms with van der Waals surface area (Å²) in [6.07, 6.45) is 2.61. The Morgan fingerprint density at radius 3 is 2.47 bits per heavy atom. The van der Waals surface area contributed by atoms with Gasteiger partial charge in [-0.2, -0.15) is 4.31 Å². The van der Waals surface area contributed by atoms with Gasteiger partial charge in [0.15, 0.2) is 0 Å². The molecule has 2 heterocycles. The molecule has 0 spiro atoms. The highest BCUT2D eigenvalue weighted by Gasteiger charge is 2.28. The zero-order valence-corrected chi connectivity index (χ0v) is 18.2. The van der Waals surface area contributed by atoms with E-state index < -0.39 is 22.5 Å². The first-order valence-corrected chi connectivity index (χ1v) is 11.1. The van der Waals surface area contributed by atoms with Gasteiger partial charge in [0.25, 0.3) is 0 Å². The SMILES string of the molecule is CC(C)c1ccc(NC(=O)CN(Cc2ccco2)S(=O)(=O)c2ccc(Cl)nc2)cc1. The number of hydrogen-bond donors (Lipinski definition) is 1. The second kappa shape index (κ2) is 9.42. The lowest BCUT2D eigenvalue weighted by Crippen LogP contribution is -2.37. The van der Waals surface area contributed by atoms with Crippen LogP contribution in [0, 0.1) is 0 Å². The molecule has 0 radical (unpaired) electrons. The summed E-state index contributed by atoms with van der Waals surface area (Å²) in [6.45, 7) is 3.67. The molecular formula is C21H22ClN3O4S. The van der Waals surface area contributed by atoms with Crippen molar-refractivity contribution in [2.75, 3.05) is 11.9 Å². The van der Waals surface area contributed by atoms with E-state index in [1.54, 1.807) is 24.3 Å². The Bertz CT molecular complexity index is 1080. The van der Waals surface area contributed by atoms with Gasteiger partial charge in [0.1, 0.15) is 15.8 Å². The fraction of sp³-hybridized carbons (Fsp3) is 0.238. The van der Waals surface area contributed by atoms with Crippen LogP contribution < -0.4 is 5.32 Å².